The van der Waals surface area contributed by atoms with Crippen LogP contribution in [-0.4, -0.2) is 25.2 Å². The SMILES string of the molecule is CCC1OCCC1CNC(=O)C(C)c1cccc(N)c1. The summed E-state index contributed by atoms with van der Waals surface area (Å²) in [5, 5.41) is 3.05. The van der Waals surface area contributed by atoms with Crippen molar-refractivity contribution in [1.82, 2.24) is 5.32 Å². The predicted molar refractivity (Wildman–Crippen MR) is 80.4 cm³/mol. The molecule has 1 aromatic rings. The average Bonchev–Trinajstić information content (AvgIpc) is 2.91. The van der Waals surface area contributed by atoms with Crippen LogP contribution in [0, 0.1) is 5.92 Å². The van der Waals surface area contributed by atoms with Crippen LogP contribution < -0.4 is 11.1 Å². The second-order valence-corrected chi connectivity index (χ2v) is 5.50. The summed E-state index contributed by atoms with van der Waals surface area (Å²) < 4.78 is 5.64. The van der Waals surface area contributed by atoms with Crippen LogP contribution in [0.3, 0.4) is 0 Å². The highest BCUT2D eigenvalue weighted by Gasteiger charge is 2.27. The van der Waals surface area contributed by atoms with E-state index in [9.17, 15) is 4.79 Å². The minimum atomic E-state index is -0.180. The van der Waals surface area contributed by atoms with Crippen molar-refractivity contribution in [2.24, 2.45) is 5.92 Å². The Labute approximate surface area is 120 Å². The fourth-order valence-corrected chi connectivity index (χ4v) is 2.74. The van der Waals surface area contributed by atoms with Crippen LogP contribution in [0.2, 0.25) is 0 Å². The lowest BCUT2D eigenvalue weighted by Gasteiger charge is -2.19. The van der Waals surface area contributed by atoms with E-state index in [0.29, 0.717) is 18.2 Å². The Morgan fingerprint density at radius 2 is 2.35 bits per heavy atom. The Balaban J connectivity index is 1.88. The molecule has 1 saturated heterocycles. The second-order valence-electron chi connectivity index (χ2n) is 5.50. The summed E-state index contributed by atoms with van der Waals surface area (Å²) in [4.78, 5) is 12.2. The van der Waals surface area contributed by atoms with Crippen molar-refractivity contribution >= 4 is 11.6 Å². The van der Waals surface area contributed by atoms with Gasteiger partial charge in [-0.05, 0) is 37.5 Å². The minimum absolute atomic E-state index is 0.0531. The van der Waals surface area contributed by atoms with Gasteiger partial charge in [0.25, 0.3) is 0 Å². The van der Waals surface area contributed by atoms with E-state index in [-0.39, 0.29) is 17.9 Å². The molecule has 3 unspecified atom stereocenters. The van der Waals surface area contributed by atoms with Crippen molar-refractivity contribution in [2.75, 3.05) is 18.9 Å². The smallest absolute Gasteiger partial charge is 0.227 e. The van der Waals surface area contributed by atoms with Crippen molar-refractivity contribution < 1.29 is 9.53 Å². The summed E-state index contributed by atoms with van der Waals surface area (Å²) in [7, 11) is 0. The Bertz CT molecular complexity index is 462. The highest BCUT2D eigenvalue weighted by molar-refractivity contribution is 5.83. The number of carbonyl (C=O) groups is 1. The average molecular weight is 276 g/mol. The van der Waals surface area contributed by atoms with Gasteiger partial charge < -0.3 is 15.8 Å². The highest BCUT2D eigenvalue weighted by Crippen LogP contribution is 2.23. The van der Waals surface area contributed by atoms with Gasteiger partial charge in [0, 0.05) is 24.8 Å². The van der Waals surface area contributed by atoms with Gasteiger partial charge in [0.1, 0.15) is 0 Å². The number of hydrogen-bond donors (Lipinski definition) is 2. The summed E-state index contributed by atoms with van der Waals surface area (Å²) in [6, 6.07) is 7.51. The van der Waals surface area contributed by atoms with Crippen LogP contribution in [0.5, 0.6) is 0 Å². The maximum Gasteiger partial charge on any atom is 0.227 e. The van der Waals surface area contributed by atoms with Crippen LogP contribution in [0.25, 0.3) is 0 Å². The zero-order valence-electron chi connectivity index (χ0n) is 12.3. The minimum Gasteiger partial charge on any atom is -0.399 e. The topological polar surface area (TPSA) is 64.3 Å². The third-order valence-electron chi connectivity index (χ3n) is 4.09. The lowest BCUT2D eigenvalue weighted by atomic mass is 9.97. The molecule has 0 aromatic heterocycles. The summed E-state index contributed by atoms with van der Waals surface area (Å²) in [5.41, 5.74) is 7.41. The molecular formula is C16H24N2O2. The standard InChI is InChI=1S/C16H24N2O2/c1-3-15-13(7-8-20-15)10-18-16(19)11(2)12-5-4-6-14(17)9-12/h4-6,9,11,13,15H,3,7-8,10,17H2,1-2H3,(H,18,19). The highest BCUT2D eigenvalue weighted by atomic mass is 16.5. The van der Waals surface area contributed by atoms with Crippen LogP contribution in [0.1, 0.15) is 38.2 Å². The maximum atomic E-state index is 12.2. The third-order valence-corrected chi connectivity index (χ3v) is 4.09. The zero-order chi connectivity index (χ0) is 14.5. The molecule has 0 spiro atoms. The van der Waals surface area contributed by atoms with Gasteiger partial charge in [-0.2, -0.15) is 0 Å². The van der Waals surface area contributed by atoms with Crippen molar-refractivity contribution in [3.05, 3.63) is 29.8 Å². The first-order chi connectivity index (χ1) is 9.61. The fourth-order valence-electron chi connectivity index (χ4n) is 2.74. The number of amides is 1. The first kappa shape index (κ1) is 14.9. The Morgan fingerprint density at radius 1 is 1.55 bits per heavy atom. The summed E-state index contributed by atoms with van der Waals surface area (Å²) in [5.74, 6) is 0.315. The van der Waals surface area contributed by atoms with Crippen LogP contribution in [-0.2, 0) is 9.53 Å². The number of nitrogens with two attached hydrogens (primary N) is 1. The third kappa shape index (κ3) is 3.51. The number of benzene rings is 1. The molecular weight excluding hydrogens is 252 g/mol. The van der Waals surface area contributed by atoms with E-state index < -0.39 is 0 Å². The number of ether oxygens (including phenoxy) is 1. The van der Waals surface area contributed by atoms with E-state index in [1.165, 1.54) is 0 Å². The van der Waals surface area contributed by atoms with Crippen LogP contribution in [0.4, 0.5) is 5.69 Å². The van der Waals surface area contributed by atoms with E-state index in [2.05, 4.69) is 12.2 Å². The normalized spacial score (nSPS) is 23.5. The molecule has 0 radical (unpaired) electrons. The number of nitrogen functional groups attached to an aromatic ring is 1. The molecule has 1 amide bonds. The van der Waals surface area contributed by atoms with E-state index in [0.717, 1.165) is 25.0 Å². The first-order valence-electron chi connectivity index (χ1n) is 7.36. The molecule has 0 aliphatic carbocycles. The number of hydrogen-bond acceptors (Lipinski definition) is 3. The van der Waals surface area contributed by atoms with E-state index >= 15 is 0 Å². The second kappa shape index (κ2) is 6.75. The number of nitrogens with one attached hydrogen (secondary N) is 1. The monoisotopic (exact) mass is 276 g/mol. The van der Waals surface area contributed by atoms with Crippen molar-refractivity contribution in [2.45, 2.75) is 38.7 Å². The van der Waals surface area contributed by atoms with Crippen molar-refractivity contribution in [3.8, 4) is 0 Å². The Hall–Kier alpha value is -1.55. The molecule has 2 rings (SSSR count). The molecule has 1 aromatic carbocycles. The lowest BCUT2D eigenvalue weighted by Crippen LogP contribution is -2.35. The molecule has 110 valence electrons. The van der Waals surface area contributed by atoms with Gasteiger partial charge in [-0.15, -0.1) is 0 Å². The van der Waals surface area contributed by atoms with Crippen molar-refractivity contribution in [3.63, 3.8) is 0 Å². The van der Waals surface area contributed by atoms with Gasteiger partial charge in [0.2, 0.25) is 5.91 Å². The van der Waals surface area contributed by atoms with Gasteiger partial charge in [-0.1, -0.05) is 19.1 Å². The Kier molecular flexibility index (Phi) is 5.01. The van der Waals surface area contributed by atoms with Gasteiger partial charge in [0.05, 0.1) is 12.0 Å². The first-order valence-corrected chi connectivity index (χ1v) is 7.36. The molecule has 0 bridgehead atoms. The summed E-state index contributed by atoms with van der Waals surface area (Å²) in [6.07, 6.45) is 2.33. The van der Waals surface area contributed by atoms with Crippen molar-refractivity contribution in [1.29, 1.82) is 0 Å². The number of carbonyl (C=O) groups excluding carboxylic acids is 1. The summed E-state index contributed by atoms with van der Waals surface area (Å²) in [6.45, 7) is 5.54. The van der Waals surface area contributed by atoms with Gasteiger partial charge >= 0.3 is 0 Å². The molecule has 3 N–H and O–H groups in total. The molecule has 1 aliphatic rings. The lowest BCUT2D eigenvalue weighted by molar-refractivity contribution is -0.122. The quantitative estimate of drug-likeness (QED) is 0.811. The fraction of sp³-hybridized carbons (Fsp3) is 0.562. The summed E-state index contributed by atoms with van der Waals surface area (Å²) >= 11 is 0. The zero-order valence-corrected chi connectivity index (χ0v) is 12.3. The molecule has 1 fully saturated rings. The van der Waals surface area contributed by atoms with Crippen LogP contribution >= 0.6 is 0 Å². The van der Waals surface area contributed by atoms with Crippen LogP contribution in [0.15, 0.2) is 24.3 Å². The molecule has 0 saturated carbocycles. The van der Waals surface area contributed by atoms with Gasteiger partial charge in [-0.3, -0.25) is 4.79 Å². The molecule has 4 nitrogen and oxygen atoms in total. The van der Waals surface area contributed by atoms with E-state index in [1.54, 1.807) is 0 Å². The molecule has 3 atom stereocenters. The largest absolute Gasteiger partial charge is 0.399 e. The molecule has 20 heavy (non-hydrogen) atoms. The predicted octanol–water partition coefficient (Wildman–Crippen LogP) is 2.30. The number of anilines is 1. The number of rotatable bonds is 5. The molecule has 1 heterocycles. The van der Waals surface area contributed by atoms with Gasteiger partial charge in [0.15, 0.2) is 0 Å². The Morgan fingerprint density at radius 3 is 3.05 bits per heavy atom. The van der Waals surface area contributed by atoms with Gasteiger partial charge in [-0.25, -0.2) is 0 Å². The van der Waals surface area contributed by atoms with E-state index in [1.807, 2.05) is 31.2 Å². The molecule has 4 heteroatoms. The van der Waals surface area contributed by atoms with E-state index in [4.69, 9.17) is 10.5 Å². The molecule has 1 aliphatic heterocycles. The maximum absolute atomic E-state index is 12.2.